The molecule has 0 amide bonds. The lowest BCUT2D eigenvalue weighted by molar-refractivity contribution is -0.140. The van der Waals surface area contributed by atoms with Crippen LogP contribution in [0.3, 0.4) is 0 Å². The Bertz CT molecular complexity index is 638. The molecule has 0 saturated heterocycles. The molecule has 0 fully saturated rings. The van der Waals surface area contributed by atoms with E-state index in [0.29, 0.717) is 0 Å². The SMILES string of the molecule is COC(=O)CCN(C)S(=O)(=O)Nc1ccc(=O)n(C)c1. The monoisotopic (exact) mass is 303 g/mol. The summed E-state index contributed by atoms with van der Waals surface area (Å²) >= 11 is 0. The number of nitrogens with zero attached hydrogens (tertiary/aromatic N) is 2. The highest BCUT2D eigenvalue weighted by Crippen LogP contribution is 2.08. The largest absolute Gasteiger partial charge is 0.469 e. The Labute approximate surface area is 117 Å². The van der Waals surface area contributed by atoms with Gasteiger partial charge in [-0.3, -0.25) is 14.3 Å². The molecule has 112 valence electrons. The number of esters is 1. The van der Waals surface area contributed by atoms with E-state index in [9.17, 15) is 18.0 Å². The number of anilines is 1. The first kappa shape index (κ1) is 16.2. The van der Waals surface area contributed by atoms with Crippen LogP contribution in [0.4, 0.5) is 5.69 Å². The molecule has 1 N–H and O–H groups in total. The van der Waals surface area contributed by atoms with Gasteiger partial charge in [-0.1, -0.05) is 0 Å². The standard InChI is InChI=1S/C11H17N3O5S/c1-13-8-9(4-5-10(13)15)12-20(17,18)14(2)7-6-11(16)19-3/h4-5,8,12H,6-7H2,1-3H3. The van der Waals surface area contributed by atoms with E-state index in [1.165, 1.54) is 44.1 Å². The molecule has 20 heavy (non-hydrogen) atoms. The molecule has 1 aromatic rings. The Morgan fingerprint density at radius 2 is 2.10 bits per heavy atom. The van der Waals surface area contributed by atoms with Crippen LogP contribution in [0.5, 0.6) is 0 Å². The second-order valence-corrected chi connectivity index (χ2v) is 5.90. The van der Waals surface area contributed by atoms with Gasteiger partial charge >= 0.3 is 16.2 Å². The molecule has 0 unspecified atom stereocenters. The molecule has 0 aromatic carbocycles. The minimum absolute atomic E-state index is 0.00618. The molecule has 0 aliphatic carbocycles. The van der Waals surface area contributed by atoms with Gasteiger partial charge in [0.2, 0.25) is 5.56 Å². The first-order chi connectivity index (χ1) is 9.26. The van der Waals surface area contributed by atoms with E-state index in [1.807, 2.05) is 0 Å². The molecule has 9 heteroatoms. The number of aromatic nitrogens is 1. The van der Waals surface area contributed by atoms with E-state index in [0.717, 1.165) is 4.31 Å². The van der Waals surface area contributed by atoms with Gasteiger partial charge in [0, 0.05) is 32.9 Å². The van der Waals surface area contributed by atoms with Gasteiger partial charge in [0.1, 0.15) is 0 Å². The smallest absolute Gasteiger partial charge is 0.306 e. The number of ether oxygens (including phenoxy) is 1. The van der Waals surface area contributed by atoms with Crippen LogP contribution in [-0.2, 0) is 26.8 Å². The van der Waals surface area contributed by atoms with Crippen LogP contribution in [-0.4, -0.2) is 44.0 Å². The summed E-state index contributed by atoms with van der Waals surface area (Å²) in [7, 11) is 0.305. The zero-order valence-corrected chi connectivity index (χ0v) is 12.3. The van der Waals surface area contributed by atoms with Crippen molar-refractivity contribution in [3.05, 3.63) is 28.7 Å². The van der Waals surface area contributed by atoms with Crippen LogP contribution in [0.1, 0.15) is 6.42 Å². The Kier molecular flexibility index (Phi) is 5.28. The maximum absolute atomic E-state index is 12.0. The van der Waals surface area contributed by atoms with Crippen molar-refractivity contribution in [2.75, 3.05) is 25.4 Å². The van der Waals surface area contributed by atoms with Crippen molar-refractivity contribution < 1.29 is 17.9 Å². The summed E-state index contributed by atoms with van der Waals surface area (Å²) in [4.78, 5) is 22.2. The molecule has 0 saturated carbocycles. The third-order valence-corrected chi connectivity index (χ3v) is 4.10. The number of methoxy groups -OCH3 is 1. The van der Waals surface area contributed by atoms with Crippen LogP contribution in [0, 0.1) is 0 Å². The maximum Gasteiger partial charge on any atom is 0.306 e. The molecule has 0 aliphatic rings. The molecular weight excluding hydrogens is 286 g/mol. The molecular formula is C11H17N3O5S. The van der Waals surface area contributed by atoms with Crippen LogP contribution in [0.15, 0.2) is 23.1 Å². The van der Waals surface area contributed by atoms with Gasteiger partial charge in [0.25, 0.3) is 0 Å². The van der Waals surface area contributed by atoms with E-state index >= 15 is 0 Å². The lowest BCUT2D eigenvalue weighted by atomic mass is 10.4. The summed E-state index contributed by atoms with van der Waals surface area (Å²) in [5.74, 6) is -0.492. The van der Waals surface area contributed by atoms with Crippen molar-refractivity contribution in [3.8, 4) is 0 Å². The number of pyridine rings is 1. The van der Waals surface area contributed by atoms with E-state index in [1.54, 1.807) is 0 Å². The highest BCUT2D eigenvalue weighted by atomic mass is 32.2. The fraction of sp³-hybridized carbons (Fsp3) is 0.455. The Balaban J connectivity index is 2.75. The molecule has 1 heterocycles. The van der Waals surface area contributed by atoms with Crippen molar-refractivity contribution in [1.29, 1.82) is 0 Å². The lowest BCUT2D eigenvalue weighted by Crippen LogP contribution is -2.34. The van der Waals surface area contributed by atoms with E-state index < -0.39 is 16.2 Å². The highest BCUT2D eigenvalue weighted by molar-refractivity contribution is 7.90. The summed E-state index contributed by atoms with van der Waals surface area (Å²) in [6, 6.07) is 2.63. The van der Waals surface area contributed by atoms with Gasteiger partial charge in [-0.05, 0) is 6.07 Å². The minimum atomic E-state index is -3.79. The Morgan fingerprint density at radius 1 is 1.45 bits per heavy atom. The van der Waals surface area contributed by atoms with E-state index in [4.69, 9.17) is 0 Å². The number of hydrogen-bond acceptors (Lipinski definition) is 5. The predicted octanol–water partition coefficient (Wildman–Crippen LogP) is -0.463. The number of hydrogen-bond donors (Lipinski definition) is 1. The molecule has 0 bridgehead atoms. The van der Waals surface area contributed by atoms with Crippen molar-refractivity contribution >= 4 is 21.9 Å². The fourth-order valence-corrected chi connectivity index (χ4v) is 2.26. The molecule has 0 aliphatic heterocycles. The third-order valence-electron chi connectivity index (χ3n) is 2.60. The third kappa shape index (κ3) is 4.35. The van der Waals surface area contributed by atoms with Crippen molar-refractivity contribution in [2.45, 2.75) is 6.42 Å². The van der Waals surface area contributed by atoms with Crippen LogP contribution < -0.4 is 10.3 Å². The summed E-state index contributed by atoms with van der Waals surface area (Å²) in [5.41, 5.74) is 0.0176. The second-order valence-electron chi connectivity index (χ2n) is 4.12. The van der Waals surface area contributed by atoms with Crippen LogP contribution in [0.25, 0.3) is 0 Å². The van der Waals surface area contributed by atoms with Gasteiger partial charge in [-0.2, -0.15) is 12.7 Å². The first-order valence-electron chi connectivity index (χ1n) is 5.74. The summed E-state index contributed by atoms with van der Waals surface area (Å²) in [6.45, 7) is -0.00618. The number of carbonyl (C=O) groups excluding carboxylic acids is 1. The minimum Gasteiger partial charge on any atom is -0.469 e. The molecule has 1 rings (SSSR count). The molecule has 1 aromatic heterocycles. The van der Waals surface area contributed by atoms with Gasteiger partial charge < -0.3 is 9.30 Å². The van der Waals surface area contributed by atoms with Gasteiger partial charge in [-0.25, -0.2) is 0 Å². The highest BCUT2D eigenvalue weighted by Gasteiger charge is 2.18. The number of nitrogens with one attached hydrogen (secondary N) is 1. The van der Waals surface area contributed by atoms with Gasteiger partial charge in [0.15, 0.2) is 0 Å². The van der Waals surface area contributed by atoms with Crippen molar-refractivity contribution in [1.82, 2.24) is 8.87 Å². The molecule has 0 radical (unpaired) electrons. The normalized spacial score (nSPS) is 11.4. The first-order valence-corrected chi connectivity index (χ1v) is 7.18. The Morgan fingerprint density at radius 3 is 2.65 bits per heavy atom. The van der Waals surface area contributed by atoms with Crippen molar-refractivity contribution in [2.24, 2.45) is 7.05 Å². The molecule has 0 atom stereocenters. The maximum atomic E-state index is 12.0. The average Bonchev–Trinajstić information content (AvgIpc) is 2.39. The Hall–Kier alpha value is -1.87. The van der Waals surface area contributed by atoms with E-state index in [-0.39, 0.29) is 24.2 Å². The number of carbonyl (C=O) groups is 1. The molecule has 8 nitrogen and oxygen atoms in total. The number of rotatable bonds is 6. The molecule has 0 spiro atoms. The topological polar surface area (TPSA) is 97.7 Å². The quantitative estimate of drug-likeness (QED) is 0.717. The van der Waals surface area contributed by atoms with Gasteiger partial charge in [-0.15, -0.1) is 0 Å². The van der Waals surface area contributed by atoms with Crippen LogP contribution >= 0.6 is 0 Å². The zero-order chi connectivity index (χ0) is 15.3. The fourth-order valence-electron chi connectivity index (χ4n) is 1.35. The number of aryl methyl sites for hydroxylation is 1. The van der Waals surface area contributed by atoms with Crippen LogP contribution in [0.2, 0.25) is 0 Å². The summed E-state index contributed by atoms with van der Waals surface area (Å²) in [6.07, 6.45) is 1.33. The summed E-state index contributed by atoms with van der Waals surface area (Å²) in [5, 5.41) is 0. The van der Waals surface area contributed by atoms with Gasteiger partial charge in [0.05, 0.1) is 19.2 Å². The zero-order valence-electron chi connectivity index (χ0n) is 11.5. The predicted molar refractivity (Wildman–Crippen MR) is 73.5 cm³/mol. The lowest BCUT2D eigenvalue weighted by Gasteiger charge is -2.17. The van der Waals surface area contributed by atoms with Crippen molar-refractivity contribution in [3.63, 3.8) is 0 Å². The summed E-state index contributed by atoms with van der Waals surface area (Å²) < 4.78 is 33.0. The average molecular weight is 303 g/mol. The second kappa shape index (κ2) is 6.53. The van der Waals surface area contributed by atoms with E-state index in [2.05, 4.69) is 9.46 Å².